The summed E-state index contributed by atoms with van der Waals surface area (Å²) in [5.74, 6) is 0.211. The highest BCUT2D eigenvalue weighted by Crippen LogP contribution is 2.23. The second-order valence-corrected chi connectivity index (χ2v) is 8.00. The number of nitrogens with one attached hydrogen (secondary N) is 2. The number of benzene rings is 1. The zero-order valence-electron chi connectivity index (χ0n) is 15.9. The van der Waals surface area contributed by atoms with Crippen LogP contribution in [0.25, 0.3) is 5.82 Å². The molecule has 0 saturated carbocycles. The van der Waals surface area contributed by atoms with Gasteiger partial charge in [0.05, 0.1) is 5.25 Å². The zero-order chi connectivity index (χ0) is 20.9. The van der Waals surface area contributed by atoms with E-state index in [1.165, 1.54) is 28.8 Å². The average Bonchev–Trinajstić information content (AvgIpc) is 3.30. The van der Waals surface area contributed by atoms with E-state index in [9.17, 15) is 14.0 Å². The summed E-state index contributed by atoms with van der Waals surface area (Å²) in [7, 11) is 0. The summed E-state index contributed by atoms with van der Waals surface area (Å²) in [6.07, 6.45) is 4.91. The molecule has 0 bridgehead atoms. The third-order valence-corrected chi connectivity index (χ3v) is 5.99. The minimum Gasteiger partial charge on any atom is -0.350 e. The maximum atomic E-state index is 13.8. The molecule has 0 radical (unpaired) electrons. The summed E-state index contributed by atoms with van der Waals surface area (Å²) in [5, 5.41) is 9.15. The number of carbonyl (C=O) groups excluding carboxylic acids is 2. The Morgan fingerprint density at radius 1 is 1.30 bits per heavy atom. The number of hydrogen-bond donors (Lipinski definition) is 2. The minimum absolute atomic E-state index is 0.256. The van der Waals surface area contributed by atoms with Gasteiger partial charge in [0.2, 0.25) is 11.8 Å². The highest BCUT2D eigenvalue weighted by molar-refractivity contribution is 8.00. The molecule has 10 heteroatoms. The molecule has 0 aliphatic carbocycles. The number of rotatable bonds is 6. The predicted octanol–water partition coefficient (Wildman–Crippen LogP) is 1.26. The van der Waals surface area contributed by atoms with Crippen molar-refractivity contribution in [2.45, 2.75) is 24.3 Å². The highest BCUT2D eigenvalue weighted by Gasteiger charge is 2.32. The third kappa shape index (κ3) is 4.65. The molecule has 8 nitrogen and oxygen atoms in total. The molecule has 30 heavy (non-hydrogen) atoms. The van der Waals surface area contributed by atoms with E-state index in [0.717, 1.165) is 5.56 Å². The van der Waals surface area contributed by atoms with Gasteiger partial charge in [0.15, 0.2) is 5.82 Å². The van der Waals surface area contributed by atoms with E-state index in [0.29, 0.717) is 30.1 Å². The molecule has 2 aromatic heterocycles. The molecular formula is C20H19FN6O2S. The van der Waals surface area contributed by atoms with Crippen molar-refractivity contribution in [3.05, 3.63) is 72.2 Å². The number of halogens is 1. The van der Waals surface area contributed by atoms with Crippen molar-refractivity contribution in [3.63, 3.8) is 0 Å². The second-order valence-electron chi connectivity index (χ2n) is 6.76. The lowest BCUT2D eigenvalue weighted by Gasteiger charge is -2.28. The number of aromatic nitrogens is 4. The van der Waals surface area contributed by atoms with Crippen molar-refractivity contribution in [3.8, 4) is 5.82 Å². The van der Waals surface area contributed by atoms with Gasteiger partial charge in [0, 0.05) is 18.5 Å². The van der Waals surface area contributed by atoms with Crippen molar-refractivity contribution >= 4 is 23.6 Å². The lowest BCUT2D eigenvalue weighted by molar-refractivity contribution is -0.128. The molecule has 0 unspecified atom stereocenters. The lowest BCUT2D eigenvalue weighted by atomic mass is 10.1. The largest absolute Gasteiger partial charge is 0.350 e. The summed E-state index contributed by atoms with van der Waals surface area (Å²) in [6.45, 7) is 0.291. The van der Waals surface area contributed by atoms with Crippen LogP contribution in [0, 0.1) is 5.82 Å². The normalized spacial score (nSPS) is 18.6. The van der Waals surface area contributed by atoms with Crippen molar-refractivity contribution < 1.29 is 14.0 Å². The van der Waals surface area contributed by atoms with E-state index >= 15 is 0 Å². The first kappa shape index (κ1) is 20.0. The molecular weight excluding hydrogens is 407 g/mol. The van der Waals surface area contributed by atoms with Gasteiger partial charge in [-0.2, -0.15) is 5.10 Å². The Bertz CT molecular complexity index is 1030. The summed E-state index contributed by atoms with van der Waals surface area (Å²) < 4.78 is 15.4. The van der Waals surface area contributed by atoms with Crippen molar-refractivity contribution in [2.75, 3.05) is 5.75 Å². The summed E-state index contributed by atoms with van der Waals surface area (Å²) in [4.78, 5) is 33.0. The van der Waals surface area contributed by atoms with Crippen LogP contribution in [0.15, 0.2) is 55.2 Å². The Labute approximate surface area is 176 Å². The van der Waals surface area contributed by atoms with Gasteiger partial charge in [-0.05, 0) is 29.7 Å². The Balaban J connectivity index is 1.28. The van der Waals surface area contributed by atoms with E-state index in [1.54, 1.807) is 36.8 Å². The average molecular weight is 426 g/mol. The molecule has 1 saturated heterocycles. The van der Waals surface area contributed by atoms with Crippen LogP contribution in [-0.2, 0) is 22.6 Å². The molecule has 2 amide bonds. The predicted molar refractivity (Wildman–Crippen MR) is 109 cm³/mol. The van der Waals surface area contributed by atoms with Gasteiger partial charge in [-0.1, -0.05) is 24.3 Å². The monoisotopic (exact) mass is 426 g/mol. The Kier molecular flexibility index (Phi) is 6.03. The summed E-state index contributed by atoms with van der Waals surface area (Å²) >= 11 is 1.37. The van der Waals surface area contributed by atoms with Gasteiger partial charge >= 0.3 is 0 Å². The van der Waals surface area contributed by atoms with Gasteiger partial charge in [-0.15, -0.1) is 11.8 Å². The van der Waals surface area contributed by atoms with E-state index in [1.807, 2.05) is 6.07 Å². The van der Waals surface area contributed by atoms with Gasteiger partial charge < -0.3 is 10.6 Å². The Hall–Kier alpha value is -3.27. The van der Waals surface area contributed by atoms with Gasteiger partial charge in [0.1, 0.15) is 24.5 Å². The Morgan fingerprint density at radius 2 is 2.17 bits per heavy atom. The van der Waals surface area contributed by atoms with Crippen LogP contribution >= 0.6 is 11.8 Å². The number of carbonyl (C=O) groups is 2. The van der Waals surface area contributed by atoms with Gasteiger partial charge in [0.25, 0.3) is 0 Å². The first-order valence-corrected chi connectivity index (χ1v) is 10.4. The Morgan fingerprint density at radius 3 is 2.87 bits per heavy atom. The molecule has 2 atom stereocenters. The van der Waals surface area contributed by atoms with Gasteiger partial charge in [-0.3, -0.25) is 9.59 Å². The quantitative estimate of drug-likeness (QED) is 0.615. The first-order chi connectivity index (χ1) is 14.6. The van der Waals surface area contributed by atoms with E-state index in [2.05, 4.69) is 25.7 Å². The fourth-order valence-corrected chi connectivity index (χ4v) is 4.22. The number of hydrogen-bond acceptors (Lipinski definition) is 6. The molecule has 1 aliphatic heterocycles. The van der Waals surface area contributed by atoms with Crippen molar-refractivity contribution in [1.29, 1.82) is 0 Å². The fraction of sp³-hybridized carbons (Fsp3) is 0.250. The molecule has 0 spiro atoms. The van der Waals surface area contributed by atoms with Crippen LogP contribution in [-0.4, -0.2) is 48.6 Å². The summed E-state index contributed by atoms with van der Waals surface area (Å²) in [5.41, 5.74) is 1.31. The van der Waals surface area contributed by atoms with Crippen LogP contribution in [0.3, 0.4) is 0 Å². The first-order valence-electron chi connectivity index (χ1n) is 9.33. The lowest BCUT2D eigenvalue weighted by Crippen LogP contribution is -2.54. The van der Waals surface area contributed by atoms with E-state index in [4.69, 9.17) is 0 Å². The summed E-state index contributed by atoms with van der Waals surface area (Å²) in [6, 6.07) is 9.40. The van der Waals surface area contributed by atoms with Crippen LogP contribution in [0.5, 0.6) is 0 Å². The van der Waals surface area contributed by atoms with Crippen molar-refractivity contribution in [2.24, 2.45) is 0 Å². The standard InChI is InChI=1S/C20H19FN6O2S/c21-15-4-2-1-3-14(15)7-17-20(29)26-16(10-30-17)19(28)24-9-13-5-6-18(23-8-13)27-12-22-11-25-27/h1-6,8,11-12,16-17H,7,9-10H2,(H,24,28)(H,26,29)/t16-,17+/m0/s1. The molecule has 1 aromatic carbocycles. The van der Waals surface area contributed by atoms with Crippen LogP contribution in [0.4, 0.5) is 4.39 Å². The number of pyridine rings is 1. The molecule has 4 rings (SSSR count). The van der Waals surface area contributed by atoms with Crippen LogP contribution < -0.4 is 10.6 Å². The van der Waals surface area contributed by atoms with Gasteiger partial charge in [-0.25, -0.2) is 19.0 Å². The molecule has 1 aliphatic rings. The minimum atomic E-state index is -0.623. The van der Waals surface area contributed by atoms with Crippen LogP contribution in [0.2, 0.25) is 0 Å². The highest BCUT2D eigenvalue weighted by atomic mass is 32.2. The molecule has 2 N–H and O–H groups in total. The van der Waals surface area contributed by atoms with Crippen LogP contribution in [0.1, 0.15) is 11.1 Å². The van der Waals surface area contributed by atoms with E-state index in [-0.39, 0.29) is 17.6 Å². The molecule has 1 fully saturated rings. The molecule has 154 valence electrons. The molecule has 3 aromatic rings. The zero-order valence-corrected chi connectivity index (χ0v) is 16.7. The van der Waals surface area contributed by atoms with Crippen molar-refractivity contribution in [1.82, 2.24) is 30.4 Å². The number of nitrogens with zero attached hydrogens (tertiary/aromatic N) is 4. The SMILES string of the molecule is O=C(NCc1ccc(-n2cncn2)nc1)[C@@H]1CS[C@H](Cc2ccccc2F)C(=O)N1. The third-order valence-electron chi connectivity index (χ3n) is 4.68. The maximum absolute atomic E-state index is 13.8. The maximum Gasteiger partial charge on any atom is 0.243 e. The van der Waals surface area contributed by atoms with E-state index < -0.39 is 11.3 Å². The fourth-order valence-electron chi connectivity index (χ4n) is 3.05. The second kappa shape index (κ2) is 9.04. The number of thioether (sulfide) groups is 1. The number of amides is 2. The molecule has 3 heterocycles. The topological polar surface area (TPSA) is 102 Å². The smallest absolute Gasteiger partial charge is 0.243 e.